The van der Waals surface area contributed by atoms with Gasteiger partial charge in [0.2, 0.25) is 0 Å². The first-order chi connectivity index (χ1) is 7.55. The fourth-order valence-corrected chi connectivity index (χ4v) is 2.73. The van der Waals surface area contributed by atoms with E-state index in [0.29, 0.717) is 18.9 Å². The van der Waals surface area contributed by atoms with E-state index in [4.69, 9.17) is 0 Å². The van der Waals surface area contributed by atoms with E-state index in [2.05, 4.69) is 17.5 Å². The highest BCUT2D eigenvalue weighted by Gasteiger charge is 2.42. The minimum Gasteiger partial charge on any atom is -0.311 e. The van der Waals surface area contributed by atoms with Gasteiger partial charge in [0.1, 0.15) is 0 Å². The van der Waals surface area contributed by atoms with Crippen LogP contribution in [0.2, 0.25) is 0 Å². The Hall–Kier alpha value is -0.510. The summed E-state index contributed by atoms with van der Waals surface area (Å²) in [5, 5.41) is 3.36. The zero-order valence-electron chi connectivity index (χ0n) is 9.26. The lowest BCUT2D eigenvalue weighted by Crippen LogP contribution is -2.42. The van der Waals surface area contributed by atoms with Gasteiger partial charge in [0, 0.05) is 12.1 Å². The molecule has 0 bridgehead atoms. The van der Waals surface area contributed by atoms with Crippen LogP contribution >= 0.6 is 0 Å². The van der Waals surface area contributed by atoms with Crippen LogP contribution in [0.5, 0.6) is 0 Å². The molecule has 0 spiro atoms. The third kappa shape index (κ3) is 3.00. The molecule has 0 aliphatic heterocycles. The van der Waals surface area contributed by atoms with Crippen LogP contribution in [0.25, 0.3) is 0 Å². The topological polar surface area (TPSA) is 12.0 Å². The van der Waals surface area contributed by atoms with E-state index in [-0.39, 0.29) is 12.5 Å². The molecule has 4 heteroatoms. The number of nitrogens with one attached hydrogen (secondary N) is 1. The molecule has 0 heterocycles. The summed E-state index contributed by atoms with van der Waals surface area (Å²) in [5.41, 5.74) is 0. The van der Waals surface area contributed by atoms with Crippen molar-refractivity contribution in [3.63, 3.8) is 0 Å². The van der Waals surface area contributed by atoms with Crippen molar-refractivity contribution in [1.82, 2.24) is 5.32 Å². The highest BCUT2D eigenvalue weighted by atomic mass is 19.4. The molecule has 2 aliphatic carbocycles. The predicted octanol–water partition coefficient (Wildman–Crippen LogP) is 3.42. The smallest absolute Gasteiger partial charge is 0.311 e. The van der Waals surface area contributed by atoms with E-state index in [9.17, 15) is 13.2 Å². The van der Waals surface area contributed by atoms with Crippen molar-refractivity contribution in [1.29, 1.82) is 0 Å². The molecule has 2 unspecified atom stereocenters. The van der Waals surface area contributed by atoms with Crippen molar-refractivity contribution in [2.45, 2.75) is 56.8 Å². The average Bonchev–Trinajstić information content (AvgIpc) is 2.70. The molecule has 16 heavy (non-hydrogen) atoms. The largest absolute Gasteiger partial charge is 0.391 e. The summed E-state index contributed by atoms with van der Waals surface area (Å²) >= 11 is 0. The molecule has 92 valence electrons. The van der Waals surface area contributed by atoms with Gasteiger partial charge in [-0.3, -0.25) is 0 Å². The highest BCUT2D eigenvalue weighted by molar-refractivity contribution is 4.99. The molecule has 0 aromatic rings. The maximum Gasteiger partial charge on any atom is 0.391 e. The molecule has 0 aromatic carbocycles. The van der Waals surface area contributed by atoms with Crippen molar-refractivity contribution in [2.24, 2.45) is 5.92 Å². The molecule has 0 amide bonds. The summed E-state index contributed by atoms with van der Waals surface area (Å²) in [6, 6.07) is 0.433. The molecule has 1 fully saturated rings. The van der Waals surface area contributed by atoms with Gasteiger partial charge in [-0.05, 0) is 32.1 Å². The number of hydrogen-bond acceptors (Lipinski definition) is 1. The van der Waals surface area contributed by atoms with Crippen LogP contribution in [-0.4, -0.2) is 18.3 Å². The fraction of sp³-hybridized carbons (Fsp3) is 0.833. The second-order valence-corrected chi connectivity index (χ2v) is 4.91. The summed E-state index contributed by atoms with van der Waals surface area (Å²) in [6.45, 7) is 0. The van der Waals surface area contributed by atoms with Crippen molar-refractivity contribution in [2.75, 3.05) is 0 Å². The third-order valence-corrected chi connectivity index (χ3v) is 3.62. The quantitative estimate of drug-likeness (QED) is 0.721. The van der Waals surface area contributed by atoms with E-state index in [0.717, 1.165) is 19.3 Å². The van der Waals surface area contributed by atoms with E-state index in [1.807, 2.05) is 0 Å². The van der Waals surface area contributed by atoms with Gasteiger partial charge in [0.05, 0.1) is 5.92 Å². The Bertz CT molecular complexity index is 251. The van der Waals surface area contributed by atoms with Gasteiger partial charge in [-0.15, -0.1) is 0 Å². The molecule has 1 saturated carbocycles. The van der Waals surface area contributed by atoms with Crippen LogP contribution in [0.4, 0.5) is 13.2 Å². The van der Waals surface area contributed by atoms with Gasteiger partial charge in [0.25, 0.3) is 0 Å². The molecular formula is C12H18F3N. The number of rotatable bonds is 2. The minimum absolute atomic E-state index is 0.0604. The summed E-state index contributed by atoms with van der Waals surface area (Å²) in [6.07, 6.45) is 4.29. The Morgan fingerprint density at radius 3 is 2.31 bits per heavy atom. The van der Waals surface area contributed by atoms with Crippen LogP contribution in [-0.2, 0) is 0 Å². The second-order valence-electron chi connectivity index (χ2n) is 4.91. The molecule has 0 aromatic heterocycles. The lowest BCUT2D eigenvalue weighted by atomic mass is 9.85. The first-order valence-electron chi connectivity index (χ1n) is 6.03. The number of hydrogen-bond donors (Lipinski definition) is 1. The van der Waals surface area contributed by atoms with Crippen molar-refractivity contribution in [3.8, 4) is 0 Å². The van der Waals surface area contributed by atoms with Crippen molar-refractivity contribution < 1.29 is 13.2 Å². The van der Waals surface area contributed by atoms with Crippen LogP contribution in [0, 0.1) is 5.92 Å². The van der Waals surface area contributed by atoms with Crippen molar-refractivity contribution >= 4 is 0 Å². The maximum atomic E-state index is 12.6. The van der Waals surface area contributed by atoms with Gasteiger partial charge >= 0.3 is 6.18 Å². The SMILES string of the molecule is FC(F)(F)C1CCCC(NC2CC=CC2)C1. The van der Waals surface area contributed by atoms with Crippen LogP contribution in [0.15, 0.2) is 12.2 Å². The van der Waals surface area contributed by atoms with E-state index >= 15 is 0 Å². The standard InChI is InChI=1S/C12H18F3N/c13-12(14,15)9-4-3-7-11(8-9)16-10-5-1-2-6-10/h1-2,9-11,16H,3-8H2. The molecule has 0 radical (unpaired) electrons. The van der Waals surface area contributed by atoms with E-state index in [1.165, 1.54) is 0 Å². The molecule has 2 aliphatic rings. The summed E-state index contributed by atoms with van der Waals surface area (Å²) in [7, 11) is 0. The van der Waals surface area contributed by atoms with Gasteiger partial charge in [-0.25, -0.2) is 0 Å². The molecule has 1 nitrogen and oxygen atoms in total. The first-order valence-corrected chi connectivity index (χ1v) is 6.03. The predicted molar refractivity (Wildman–Crippen MR) is 57.1 cm³/mol. The third-order valence-electron chi connectivity index (χ3n) is 3.62. The normalized spacial score (nSPS) is 32.2. The second kappa shape index (κ2) is 4.78. The zero-order valence-corrected chi connectivity index (χ0v) is 9.26. The summed E-state index contributed by atoms with van der Waals surface area (Å²) in [4.78, 5) is 0. The van der Waals surface area contributed by atoms with Crippen molar-refractivity contribution in [3.05, 3.63) is 12.2 Å². The Labute approximate surface area is 94.1 Å². The number of alkyl halides is 3. The Kier molecular flexibility index (Phi) is 3.57. The van der Waals surface area contributed by atoms with Crippen LogP contribution in [0.1, 0.15) is 38.5 Å². The highest BCUT2D eigenvalue weighted by Crippen LogP contribution is 2.37. The van der Waals surface area contributed by atoms with Gasteiger partial charge in [-0.1, -0.05) is 18.6 Å². The number of halogens is 3. The van der Waals surface area contributed by atoms with Crippen LogP contribution in [0.3, 0.4) is 0 Å². The molecular weight excluding hydrogens is 215 g/mol. The van der Waals surface area contributed by atoms with Crippen LogP contribution < -0.4 is 5.32 Å². The summed E-state index contributed by atoms with van der Waals surface area (Å²) in [5.74, 6) is -1.09. The molecule has 0 saturated heterocycles. The van der Waals surface area contributed by atoms with E-state index in [1.54, 1.807) is 0 Å². The monoisotopic (exact) mass is 233 g/mol. The average molecular weight is 233 g/mol. The van der Waals surface area contributed by atoms with Gasteiger partial charge < -0.3 is 5.32 Å². The van der Waals surface area contributed by atoms with E-state index < -0.39 is 12.1 Å². The lowest BCUT2D eigenvalue weighted by Gasteiger charge is -2.32. The lowest BCUT2D eigenvalue weighted by molar-refractivity contribution is -0.183. The molecule has 2 rings (SSSR count). The summed E-state index contributed by atoms with van der Waals surface area (Å²) < 4.78 is 37.8. The fourth-order valence-electron chi connectivity index (χ4n) is 2.73. The van der Waals surface area contributed by atoms with Gasteiger partial charge in [-0.2, -0.15) is 13.2 Å². The minimum atomic E-state index is -4.01. The maximum absolute atomic E-state index is 12.6. The molecule has 2 atom stereocenters. The zero-order chi connectivity index (χ0) is 11.6. The Morgan fingerprint density at radius 2 is 1.69 bits per heavy atom. The Morgan fingerprint density at radius 1 is 1.00 bits per heavy atom. The Balaban J connectivity index is 1.82. The van der Waals surface area contributed by atoms with Gasteiger partial charge in [0.15, 0.2) is 0 Å². The first kappa shape index (κ1) is 12.0. The molecule has 1 N–H and O–H groups in total.